The SMILES string of the molecule is CSCCCCNCc1sccc1NC(C)=O. The van der Waals surface area contributed by atoms with Crippen molar-refractivity contribution in [2.24, 2.45) is 0 Å². The first kappa shape index (κ1) is 14.5. The Hall–Kier alpha value is -0.520. The minimum absolute atomic E-state index is 0.00961. The molecule has 1 amide bonds. The highest BCUT2D eigenvalue weighted by Crippen LogP contribution is 2.21. The van der Waals surface area contributed by atoms with Crippen molar-refractivity contribution in [2.75, 3.05) is 23.9 Å². The Labute approximate surface area is 111 Å². The number of anilines is 1. The summed E-state index contributed by atoms with van der Waals surface area (Å²) >= 11 is 3.57. The number of hydrogen-bond donors (Lipinski definition) is 2. The van der Waals surface area contributed by atoms with Crippen molar-refractivity contribution in [3.63, 3.8) is 0 Å². The Morgan fingerprint density at radius 2 is 2.29 bits per heavy atom. The van der Waals surface area contributed by atoms with Crippen LogP contribution in [0, 0.1) is 0 Å². The molecule has 96 valence electrons. The van der Waals surface area contributed by atoms with Crippen molar-refractivity contribution in [3.8, 4) is 0 Å². The first-order chi connectivity index (χ1) is 8.24. The van der Waals surface area contributed by atoms with E-state index in [-0.39, 0.29) is 5.91 Å². The van der Waals surface area contributed by atoms with Crippen molar-refractivity contribution >= 4 is 34.7 Å². The Bertz CT molecular complexity index is 339. The highest BCUT2D eigenvalue weighted by atomic mass is 32.2. The molecule has 1 heterocycles. The number of hydrogen-bond acceptors (Lipinski definition) is 4. The summed E-state index contributed by atoms with van der Waals surface area (Å²) in [6, 6.07) is 1.96. The smallest absolute Gasteiger partial charge is 0.221 e. The number of thiophene rings is 1. The first-order valence-electron chi connectivity index (χ1n) is 5.77. The summed E-state index contributed by atoms with van der Waals surface area (Å²) in [5.41, 5.74) is 0.944. The van der Waals surface area contributed by atoms with Crippen LogP contribution in [0.25, 0.3) is 0 Å². The van der Waals surface area contributed by atoms with E-state index < -0.39 is 0 Å². The van der Waals surface area contributed by atoms with Gasteiger partial charge in [0.1, 0.15) is 0 Å². The minimum Gasteiger partial charge on any atom is -0.325 e. The quantitative estimate of drug-likeness (QED) is 0.715. The van der Waals surface area contributed by atoms with Gasteiger partial charge in [-0.05, 0) is 42.8 Å². The van der Waals surface area contributed by atoms with Crippen LogP contribution in [0.15, 0.2) is 11.4 Å². The lowest BCUT2D eigenvalue weighted by molar-refractivity contribution is -0.114. The number of carbonyl (C=O) groups is 1. The van der Waals surface area contributed by atoms with Crippen molar-refractivity contribution in [3.05, 3.63) is 16.3 Å². The van der Waals surface area contributed by atoms with E-state index in [9.17, 15) is 4.79 Å². The number of carbonyl (C=O) groups excluding carboxylic acids is 1. The predicted octanol–water partition coefficient (Wildman–Crippen LogP) is 2.94. The molecule has 2 N–H and O–H groups in total. The van der Waals surface area contributed by atoms with Crippen LogP contribution in [0.2, 0.25) is 0 Å². The molecule has 0 bridgehead atoms. The zero-order chi connectivity index (χ0) is 12.5. The lowest BCUT2D eigenvalue weighted by atomic mass is 10.3. The van der Waals surface area contributed by atoms with Crippen LogP contribution in [0.1, 0.15) is 24.6 Å². The van der Waals surface area contributed by atoms with E-state index in [1.165, 1.54) is 30.4 Å². The van der Waals surface area contributed by atoms with E-state index in [1.807, 2.05) is 23.2 Å². The molecule has 0 aliphatic rings. The minimum atomic E-state index is -0.00961. The molecule has 0 atom stereocenters. The number of thioether (sulfide) groups is 1. The van der Waals surface area contributed by atoms with Gasteiger partial charge in [0.2, 0.25) is 5.91 Å². The lowest BCUT2D eigenvalue weighted by Gasteiger charge is -2.06. The predicted molar refractivity (Wildman–Crippen MR) is 77.9 cm³/mol. The van der Waals surface area contributed by atoms with Crippen molar-refractivity contribution < 1.29 is 4.79 Å². The number of nitrogens with one attached hydrogen (secondary N) is 2. The summed E-state index contributed by atoms with van der Waals surface area (Å²) in [7, 11) is 0. The Kier molecular flexibility index (Phi) is 7.32. The maximum atomic E-state index is 11.0. The molecule has 0 fully saturated rings. The van der Waals surface area contributed by atoms with Crippen molar-refractivity contribution in [1.29, 1.82) is 0 Å². The molecule has 0 aromatic carbocycles. The van der Waals surface area contributed by atoms with Gasteiger partial charge in [0.15, 0.2) is 0 Å². The molecule has 1 aromatic heterocycles. The second kappa shape index (κ2) is 8.55. The van der Waals surface area contributed by atoms with E-state index in [4.69, 9.17) is 0 Å². The molecule has 0 unspecified atom stereocenters. The Balaban J connectivity index is 2.22. The van der Waals surface area contributed by atoms with Crippen molar-refractivity contribution in [2.45, 2.75) is 26.3 Å². The Morgan fingerprint density at radius 1 is 1.47 bits per heavy atom. The monoisotopic (exact) mass is 272 g/mol. The molecule has 0 aliphatic carbocycles. The molecule has 5 heteroatoms. The standard InChI is InChI=1S/C12H20N2OS2/c1-10(15)14-11-5-8-17-12(11)9-13-6-3-4-7-16-2/h5,8,13H,3-4,6-7,9H2,1-2H3,(H,14,15). The van der Waals surface area contributed by atoms with Gasteiger partial charge >= 0.3 is 0 Å². The largest absolute Gasteiger partial charge is 0.325 e. The number of rotatable bonds is 8. The second-order valence-electron chi connectivity index (χ2n) is 3.82. The third kappa shape index (κ3) is 6.10. The average molecular weight is 272 g/mol. The summed E-state index contributed by atoms with van der Waals surface area (Å²) in [5.74, 6) is 1.22. The summed E-state index contributed by atoms with van der Waals surface area (Å²) in [6.07, 6.45) is 4.61. The van der Waals surface area contributed by atoms with E-state index in [1.54, 1.807) is 11.3 Å². The molecule has 0 radical (unpaired) electrons. The third-order valence-corrected chi connectivity index (χ3v) is 3.91. The molecule has 0 saturated heterocycles. The second-order valence-corrected chi connectivity index (χ2v) is 5.80. The fraction of sp³-hybridized carbons (Fsp3) is 0.583. The van der Waals surface area contributed by atoms with Gasteiger partial charge in [0.05, 0.1) is 5.69 Å². The van der Waals surface area contributed by atoms with Crippen LogP contribution in [-0.2, 0) is 11.3 Å². The van der Waals surface area contributed by atoms with Gasteiger partial charge in [0, 0.05) is 18.3 Å². The zero-order valence-electron chi connectivity index (χ0n) is 10.4. The Morgan fingerprint density at radius 3 is 3.00 bits per heavy atom. The maximum Gasteiger partial charge on any atom is 0.221 e. The molecule has 17 heavy (non-hydrogen) atoms. The molecular formula is C12H20N2OS2. The zero-order valence-corrected chi connectivity index (χ0v) is 12.0. The fourth-order valence-electron chi connectivity index (χ4n) is 1.48. The molecule has 0 aliphatic heterocycles. The van der Waals surface area contributed by atoms with Gasteiger partial charge in [-0.25, -0.2) is 0 Å². The van der Waals surface area contributed by atoms with E-state index in [2.05, 4.69) is 16.9 Å². The third-order valence-electron chi connectivity index (χ3n) is 2.29. The van der Waals surface area contributed by atoms with Gasteiger partial charge in [-0.15, -0.1) is 11.3 Å². The van der Waals surface area contributed by atoms with E-state index >= 15 is 0 Å². The maximum absolute atomic E-state index is 11.0. The summed E-state index contributed by atoms with van der Waals surface area (Å²) < 4.78 is 0. The van der Waals surface area contributed by atoms with Crippen LogP contribution in [-0.4, -0.2) is 24.5 Å². The van der Waals surface area contributed by atoms with E-state index in [0.29, 0.717) is 0 Å². The van der Waals surface area contributed by atoms with Gasteiger partial charge < -0.3 is 10.6 Å². The van der Waals surface area contributed by atoms with E-state index in [0.717, 1.165) is 18.8 Å². The van der Waals surface area contributed by atoms with Crippen LogP contribution in [0.5, 0.6) is 0 Å². The lowest BCUT2D eigenvalue weighted by Crippen LogP contribution is -2.15. The van der Waals surface area contributed by atoms with Gasteiger partial charge in [-0.1, -0.05) is 0 Å². The highest BCUT2D eigenvalue weighted by Gasteiger charge is 2.04. The number of amides is 1. The summed E-state index contributed by atoms with van der Waals surface area (Å²) in [5, 5.41) is 8.26. The van der Waals surface area contributed by atoms with Crippen LogP contribution in [0.3, 0.4) is 0 Å². The number of unbranched alkanes of at least 4 members (excludes halogenated alkanes) is 1. The summed E-state index contributed by atoms with van der Waals surface area (Å²) in [4.78, 5) is 12.2. The average Bonchev–Trinajstić information content (AvgIpc) is 2.70. The van der Waals surface area contributed by atoms with Gasteiger partial charge in [0.25, 0.3) is 0 Å². The fourth-order valence-corrected chi connectivity index (χ4v) is 2.77. The van der Waals surface area contributed by atoms with Gasteiger partial charge in [-0.2, -0.15) is 11.8 Å². The van der Waals surface area contributed by atoms with Gasteiger partial charge in [-0.3, -0.25) is 4.79 Å². The first-order valence-corrected chi connectivity index (χ1v) is 8.05. The molecular weight excluding hydrogens is 252 g/mol. The molecule has 1 aromatic rings. The molecule has 0 saturated carbocycles. The molecule has 3 nitrogen and oxygen atoms in total. The topological polar surface area (TPSA) is 41.1 Å². The highest BCUT2D eigenvalue weighted by molar-refractivity contribution is 7.98. The summed E-state index contributed by atoms with van der Waals surface area (Å²) in [6.45, 7) is 3.42. The molecule has 0 spiro atoms. The van der Waals surface area contributed by atoms with Crippen LogP contribution < -0.4 is 10.6 Å². The van der Waals surface area contributed by atoms with Crippen LogP contribution in [0.4, 0.5) is 5.69 Å². The van der Waals surface area contributed by atoms with Crippen molar-refractivity contribution in [1.82, 2.24) is 5.32 Å². The van der Waals surface area contributed by atoms with Crippen LogP contribution >= 0.6 is 23.1 Å². The normalized spacial score (nSPS) is 10.5. The molecule has 1 rings (SSSR count).